The summed E-state index contributed by atoms with van der Waals surface area (Å²) in [5.41, 5.74) is 0. The van der Waals surface area contributed by atoms with Gasteiger partial charge in [0.25, 0.3) is 0 Å². The Bertz CT molecular complexity index is 162. The van der Waals surface area contributed by atoms with Crippen LogP contribution in [0.3, 0.4) is 0 Å². The van der Waals surface area contributed by atoms with Crippen LogP contribution in [0.15, 0.2) is 0 Å². The van der Waals surface area contributed by atoms with Crippen molar-refractivity contribution in [3.63, 3.8) is 0 Å². The van der Waals surface area contributed by atoms with Crippen molar-refractivity contribution in [1.29, 1.82) is 0 Å². The fourth-order valence-electron chi connectivity index (χ4n) is 0.467. The number of hydrogen-bond acceptors (Lipinski definition) is 4. The second-order valence-corrected chi connectivity index (χ2v) is 7.36. The third kappa shape index (κ3) is 18.7. The van der Waals surface area contributed by atoms with Crippen LogP contribution in [0.5, 0.6) is 0 Å². The second kappa shape index (κ2) is 6.38. The third-order valence-electron chi connectivity index (χ3n) is 0.514. The number of hydrogen-bond donors (Lipinski definition) is 0. The van der Waals surface area contributed by atoms with E-state index in [2.05, 4.69) is 0 Å². The molecule has 0 saturated heterocycles. The molecular weight excluding hydrogens is 211 g/mol. The molecule has 8 heteroatoms. The first-order chi connectivity index (χ1) is 3.71. The Morgan fingerprint density at radius 2 is 1.18 bits per heavy atom. The van der Waals surface area contributed by atoms with Gasteiger partial charge in [0.05, 0.1) is 0 Å². The van der Waals surface area contributed by atoms with Crippen molar-refractivity contribution in [3.05, 3.63) is 0 Å². The van der Waals surface area contributed by atoms with Crippen LogP contribution < -0.4 is 9.79 Å². The first kappa shape index (κ1) is 18.6. The van der Waals surface area contributed by atoms with Crippen molar-refractivity contribution >= 4 is 60.8 Å². The molecule has 56 valence electrons. The van der Waals surface area contributed by atoms with Gasteiger partial charge in [-0.25, -0.2) is 0 Å². The van der Waals surface area contributed by atoms with Gasteiger partial charge in [0.2, 0.25) is 0 Å². The molecule has 0 aliphatic heterocycles. The molecule has 2 atom stereocenters. The molecule has 0 radical (unpaired) electrons. The van der Waals surface area contributed by atoms with Gasteiger partial charge in [-0.2, -0.15) is 0 Å². The molecule has 0 fully saturated rings. The van der Waals surface area contributed by atoms with Gasteiger partial charge in [0, 0.05) is 20.6 Å². The van der Waals surface area contributed by atoms with Gasteiger partial charge in [0.15, 0.2) is 0 Å². The predicted molar refractivity (Wildman–Crippen MR) is 43.4 cm³/mol. The summed E-state index contributed by atoms with van der Waals surface area (Å²) in [6.45, 7) is 1.84. The molecule has 0 aliphatic carbocycles. The molecule has 4 nitrogen and oxygen atoms in total. The Balaban J connectivity index is -0.000000320. The Kier molecular flexibility index (Phi) is 10.8. The van der Waals surface area contributed by atoms with Crippen molar-refractivity contribution in [2.24, 2.45) is 0 Å². The van der Waals surface area contributed by atoms with Crippen LogP contribution in [0.1, 0.15) is 0 Å². The monoisotopic (exact) mass is 218 g/mol. The fourth-order valence-corrected chi connectivity index (χ4v) is 4.20. The van der Waals surface area contributed by atoms with Gasteiger partial charge >= 0.3 is 46.1 Å². The average Bonchev–Trinajstić information content (AvgIpc) is 1.14. The van der Waals surface area contributed by atoms with E-state index in [9.17, 15) is 18.9 Å². The van der Waals surface area contributed by atoms with Gasteiger partial charge in [0.1, 0.15) is 0 Å². The SMILES string of the molecule is CP(=O)([O-])CP(C)(=O)[O-].[Mg+2].[Mg+2]. The van der Waals surface area contributed by atoms with Gasteiger partial charge in [-0.15, -0.1) is 0 Å². The maximum Gasteiger partial charge on any atom is 2.00 e. The van der Waals surface area contributed by atoms with Crippen molar-refractivity contribution in [3.8, 4) is 0 Å². The summed E-state index contributed by atoms with van der Waals surface area (Å²) < 4.78 is 20.6. The fraction of sp³-hybridized carbons (Fsp3) is 1.00. The zero-order valence-electron chi connectivity index (χ0n) is 6.65. The molecule has 0 bridgehead atoms. The van der Waals surface area contributed by atoms with Crippen LogP contribution in [-0.4, -0.2) is 65.3 Å². The minimum Gasteiger partial charge on any atom is -0.799 e. The molecule has 2 unspecified atom stereocenters. The van der Waals surface area contributed by atoms with Crippen LogP contribution in [0.4, 0.5) is 0 Å². The first-order valence-corrected chi connectivity index (χ1v) is 6.77. The molecule has 0 amide bonds. The van der Waals surface area contributed by atoms with E-state index in [1.165, 1.54) is 0 Å². The summed E-state index contributed by atoms with van der Waals surface area (Å²) in [5.74, 6) is -0.708. The van der Waals surface area contributed by atoms with E-state index in [1.807, 2.05) is 0 Å². The zero-order chi connectivity index (χ0) is 7.71. The third-order valence-corrected chi connectivity index (χ3v) is 4.62. The van der Waals surface area contributed by atoms with E-state index >= 15 is 0 Å². The molecule has 0 saturated carbocycles. The van der Waals surface area contributed by atoms with Crippen LogP contribution in [0, 0.1) is 0 Å². The quantitative estimate of drug-likeness (QED) is 0.427. The van der Waals surface area contributed by atoms with Crippen LogP contribution in [0.25, 0.3) is 0 Å². The molecule has 0 aromatic heterocycles. The summed E-state index contributed by atoms with van der Waals surface area (Å²) in [6.07, 6.45) is 0. The van der Waals surface area contributed by atoms with Crippen molar-refractivity contribution in [1.82, 2.24) is 0 Å². The molecule has 0 aliphatic rings. The van der Waals surface area contributed by atoms with Crippen LogP contribution in [-0.2, 0) is 9.13 Å². The van der Waals surface area contributed by atoms with Gasteiger partial charge in [-0.3, -0.25) is 0 Å². The maximum absolute atomic E-state index is 10.3. The van der Waals surface area contributed by atoms with E-state index in [4.69, 9.17) is 0 Å². The molecule has 0 rings (SSSR count). The largest absolute Gasteiger partial charge is 2.00 e. The molecule has 0 spiro atoms. The Morgan fingerprint density at radius 1 is 1.00 bits per heavy atom. The Morgan fingerprint density at radius 3 is 1.18 bits per heavy atom. The summed E-state index contributed by atoms with van der Waals surface area (Å²) in [7, 11) is -7.23. The van der Waals surface area contributed by atoms with Crippen molar-refractivity contribution < 1.29 is 18.9 Å². The number of rotatable bonds is 2. The summed E-state index contributed by atoms with van der Waals surface area (Å²) in [5, 5.41) is 0. The van der Waals surface area contributed by atoms with Crippen LogP contribution in [0.2, 0.25) is 0 Å². The van der Waals surface area contributed by atoms with E-state index in [0.29, 0.717) is 0 Å². The summed E-state index contributed by atoms with van der Waals surface area (Å²) in [4.78, 5) is 20.6. The van der Waals surface area contributed by atoms with E-state index in [-0.39, 0.29) is 46.1 Å². The molecule has 0 N–H and O–H groups in total. The second-order valence-electron chi connectivity index (χ2n) is 2.17. The van der Waals surface area contributed by atoms with E-state index in [0.717, 1.165) is 13.3 Å². The minimum atomic E-state index is -3.61. The van der Waals surface area contributed by atoms with E-state index < -0.39 is 20.6 Å². The predicted octanol–water partition coefficient (Wildman–Crippen LogP) is -1.28. The van der Waals surface area contributed by atoms with Crippen molar-refractivity contribution in [2.75, 3.05) is 19.2 Å². The standard InChI is InChI=1S/C3H10O4P2.2Mg/c1-8(4,5)3-9(2,6)7;;/h3H2,1-2H3,(H,4,5)(H,6,7);;/q;2*+2/p-2. The topological polar surface area (TPSA) is 80.3 Å². The Labute approximate surface area is 98.3 Å². The maximum atomic E-state index is 10.3. The smallest absolute Gasteiger partial charge is 0.799 e. The molecule has 0 aromatic rings. The molecular formula is C3H8Mg2O4P2+2. The normalized spacial score (nSPS) is 20.0. The Hall–Kier alpha value is 1.91. The zero-order valence-corrected chi connectivity index (χ0v) is 11.3. The summed E-state index contributed by atoms with van der Waals surface area (Å²) in [6, 6.07) is 0. The van der Waals surface area contributed by atoms with Crippen molar-refractivity contribution in [2.45, 2.75) is 0 Å². The van der Waals surface area contributed by atoms with Crippen LogP contribution >= 0.6 is 14.7 Å². The minimum absolute atomic E-state index is 0. The molecule has 0 heterocycles. The summed E-state index contributed by atoms with van der Waals surface area (Å²) >= 11 is 0. The molecule has 0 aromatic carbocycles. The van der Waals surface area contributed by atoms with Gasteiger partial charge in [-0.05, 0) is 13.3 Å². The van der Waals surface area contributed by atoms with E-state index in [1.54, 1.807) is 0 Å². The first-order valence-electron chi connectivity index (χ1n) is 2.26. The van der Waals surface area contributed by atoms with Gasteiger partial charge < -0.3 is 18.9 Å². The van der Waals surface area contributed by atoms with Gasteiger partial charge in [-0.1, -0.05) is 0 Å². The molecule has 11 heavy (non-hydrogen) atoms. The average molecular weight is 219 g/mol.